The molecular weight excluding hydrogens is 298 g/mol. The Bertz CT molecular complexity index is 665. The van der Waals surface area contributed by atoms with Crippen molar-refractivity contribution in [2.24, 2.45) is 0 Å². The SMILES string of the molecule is COc1cccc(C=CC(=O)N(C)Cc2ccc(Cl)cc2)c1. The van der Waals surface area contributed by atoms with E-state index in [-0.39, 0.29) is 5.91 Å². The number of methoxy groups -OCH3 is 1. The minimum atomic E-state index is -0.0576. The van der Waals surface area contributed by atoms with E-state index in [2.05, 4.69) is 0 Å². The van der Waals surface area contributed by atoms with Gasteiger partial charge in [-0.2, -0.15) is 0 Å². The number of benzene rings is 2. The van der Waals surface area contributed by atoms with Crippen molar-refractivity contribution in [3.63, 3.8) is 0 Å². The number of amides is 1. The van der Waals surface area contributed by atoms with Gasteiger partial charge in [0, 0.05) is 24.7 Å². The number of carbonyl (C=O) groups excluding carboxylic acids is 1. The zero-order valence-corrected chi connectivity index (χ0v) is 13.4. The van der Waals surface area contributed by atoms with Crippen molar-refractivity contribution < 1.29 is 9.53 Å². The maximum Gasteiger partial charge on any atom is 0.246 e. The molecule has 0 radical (unpaired) electrons. The smallest absolute Gasteiger partial charge is 0.246 e. The van der Waals surface area contributed by atoms with E-state index in [0.29, 0.717) is 11.6 Å². The van der Waals surface area contributed by atoms with Crippen LogP contribution < -0.4 is 4.74 Å². The maximum atomic E-state index is 12.1. The minimum absolute atomic E-state index is 0.0576. The van der Waals surface area contributed by atoms with Gasteiger partial charge in [0.05, 0.1) is 7.11 Å². The molecule has 4 heteroatoms. The summed E-state index contributed by atoms with van der Waals surface area (Å²) in [5.74, 6) is 0.710. The van der Waals surface area contributed by atoms with Crippen molar-refractivity contribution >= 4 is 23.6 Å². The summed E-state index contributed by atoms with van der Waals surface area (Å²) in [6, 6.07) is 15.0. The molecule has 0 bridgehead atoms. The zero-order valence-electron chi connectivity index (χ0n) is 12.6. The van der Waals surface area contributed by atoms with Crippen LogP contribution in [-0.4, -0.2) is 25.0 Å². The lowest BCUT2D eigenvalue weighted by molar-refractivity contribution is -0.125. The predicted molar refractivity (Wildman–Crippen MR) is 90.0 cm³/mol. The van der Waals surface area contributed by atoms with Crippen LogP contribution in [0, 0.1) is 0 Å². The van der Waals surface area contributed by atoms with E-state index in [4.69, 9.17) is 16.3 Å². The molecule has 0 saturated heterocycles. The van der Waals surface area contributed by atoms with Crippen molar-refractivity contribution in [1.82, 2.24) is 4.90 Å². The van der Waals surface area contributed by atoms with Crippen LogP contribution in [0.2, 0.25) is 5.02 Å². The van der Waals surface area contributed by atoms with Crippen LogP contribution in [0.15, 0.2) is 54.6 Å². The normalized spacial score (nSPS) is 10.7. The molecule has 0 saturated carbocycles. The Morgan fingerprint density at radius 3 is 2.64 bits per heavy atom. The van der Waals surface area contributed by atoms with Gasteiger partial charge in [0.25, 0.3) is 0 Å². The molecule has 22 heavy (non-hydrogen) atoms. The lowest BCUT2D eigenvalue weighted by atomic mass is 10.2. The van der Waals surface area contributed by atoms with Crippen molar-refractivity contribution in [2.75, 3.05) is 14.2 Å². The van der Waals surface area contributed by atoms with Gasteiger partial charge in [-0.15, -0.1) is 0 Å². The van der Waals surface area contributed by atoms with E-state index in [9.17, 15) is 4.79 Å². The van der Waals surface area contributed by atoms with Gasteiger partial charge in [-0.3, -0.25) is 4.79 Å². The molecule has 2 aromatic rings. The summed E-state index contributed by atoms with van der Waals surface area (Å²) in [5.41, 5.74) is 1.96. The van der Waals surface area contributed by atoms with Gasteiger partial charge in [0.1, 0.15) is 5.75 Å². The Kier molecular flexibility index (Phi) is 5.61. The standard InChI is InChI=1S/C18H18ClNO2/c1-20(13-15-6-9-16(19)10-7-15)18(21)11-8-14-4-3-5-17(12-14)22-2/h3-12H,13H2,1-2H3. The van der Waals surface area contributed by atoms with Crippen molar-refractivity contribution in [3.8, 4) is 5.75 Å². The number of ether oxygens (including phenoxy) is 1. The molecular formula is C18H18ClNO2. The molecule has 3 nitrogen and oxygen atoms in total. The second-order valence-electron chi connectivity index (χ2n) is 4.93. The van der Waals surface area contributed by atoms with Crippen LogP contribution in [0.5, 0.6) is 5.75 Å². The molecule has 0 aliphatic carbocycles. The molecule has 0 aromatic heterocycles. The Morgan fingerprint density at radius 1 is 1.23 bits per heavy atom. The lowest BCUT2D eigenvalue weighted by Gasteiger charge is -2.15. The lowest BCUT2D eigenvalue weighted by Crippen LogP contribution is -2.24. The van der Waals surface area contributed by atoms with E-state index in [0.717, 1.165) is 16.9 Å². The first-order valence-corrected chi connectivity index (χ1v) is 7.28. The van der Waals surface area contributed by atoms with Crippen molar-refractivity contribution in [2.45, 2.75) is 6.54 Å². The maximum absolute atomic E-state index is 12.1. The second kappa shape index (κ2) is 7.66. The third-order valence-electron chi connectivity index (χ3n) is 3.22. The molecule has 2 aromatic carbocycles. The van der Waals surface area contributed by atoms with Crippen LogP contribution in [0.25, 0.3) is 6.08 Å². The van der Waals surface area contributed by atoms with E-state index in [1.807, 2.05) is 48.5 Å². The molecule has 0 aliphatic rings. The quantitative estimate of drug-likeness (QED) is 0.780. The van der Waals surface area contributed by atoms with Crippen molar-refractivity contribution in [1.29, 1.82) is 0 Å². The fourth-order valence-corrected chi connectivity index (χ4v) is 2.11. The number of hydrogen-bond donors (Lipinski definition) is 0. The van der Waals surface area contributed by atoms with Gasteiger partial charge >= 0.3 is 0 Å². The van der Waals surface area contributed by atoms with Crippen LogP contribution >= 0.6 is 11.6 Å². The van der Waals surface area contributed by atoms with Gasteiger partial charge in [-0.25, -0.2) is 0 Å². The molecule has 0 spiro atoms. The monoisotopic (exact) mass is 315 g/mol. The van der Waals surface area contributed by atoms with Crippen LogP contribution in [0.4, 0.5) is 0 Å². The highest BCUT2D eigenvalue weighted by atomic mass is 35.5. The number of nitrogens with zero attached hydrogens (tertiary/aromatic N) is 1. The topological polar surface area (TPSA) is 29.5 Å². The summed E-state index contributed by atoms with van der Waals surface area (Å²) in [5, 5.41) is 0.690. The molecule has 0 unspecified atom stereocenters. The zero-order chi connectivity index (χ0) is 15.9. The first kappa shape index (κ1) is 16.1. The third-order valence-corrected chi connectivity index (χ3v) is 3.47. The summed E-state index contributed by atoms with van der Waals surface area (Å²) in [6.07, 6.45) is 3.34. The summed E-state index contributed by atoms with van der Waals surface area (Å²) in [6.45, 7) is 0.540. The molecule has 0 heterocycles. The highest BCUT2D eigenvalue weighted by Gasteiger charge is 2.05. The van der Waals surface area contributed by atoms with E-state index in [1.165, 1.54) is 0 Å². The van der Waals surface area contributed by atoms with Gasteiger partial charge < -0.3 is 9.64 Å². The average molecular weight is 316 g/mol. The van der Waals surface area contributed by atoms with Gasteiger partial charge in [-0.1, -0.05) is 35.9 Å². The first-order valence-electron chi connectivity index (χ1n) is 6.90. The molecule has 0 aliphatic heterocycles. The number of rotatable bonds is 5. The highest BCUT2D eigenvalue weighted by Crippen LogP contribution is 2.14. The molecule has 0 fully saturated rings. The van der Waals surface area contributed by atoms with Crippen LogP contribution in [0.3, 0.4) is 0 Å². The Balaban J connectivity index is 1.98. The summed E-state index contributed by atoms with van der Waals surface area (Å²) >= 11 is 5.85. The van der Waals surface area contributed by atoms with Crippen molar-refractivity contribution in [3.05, 3.63) is 70.8 Å². The predicted octanol–water partition coefficient (Wildman–Crippen LogP) is 4.02. The van der Waals surface area contributed by atoms with Gasteiger partial charge in [0.15, 0.2) is 0 Å². The minimum Gasteiger partial charge on any atom is -0.497 e. The fraction of sp³-hybridized carbons (Fsp3) is 0.167. The van der Waals surface area contributed by atoms with Crippen LogP contribution in [-0.2, 0) is 11.3 Å². The van der Waals surface area contributed by atoms with Crippen LogP contribution in [0.1, 0.15) is 11.1 Å². The number of hydrogen-bond acceptors (Lipinski definition) is 2. The Labute approximate surface area is 135 Å². The van der Waals surface area contributed by atoms with Gasteiger partial charge in [-0.05, 0) is 41.5 Å². The highest BCUT2D eigenvalue weighted by molar-refractivity contribution is 6.30. The molecule has 0 atom stereocenters. The Hall–Kier alpha value is -2.26. The number of halogens is 1. The molecule has 114 valence electrons. The summed E-state index contributed by atoms with van der Waals surface area (Å²) in [4.78, 5) is 13.8. The second-order valence-corrected chi connectivity index (χ2v) is 5.37. The molecule has 1 amide bonds. The van der Waals surface area contributed by atoms with E-state index >= 15 is 0 Å². The molecule has 2 rings (SSSR count). The van der Waals surface area contributed by atoms with E-state index in [1.54, 1.807) is 31.2 Å². The average Bonchev–Trinajstić information content (AvgIpc) is 2.54. The summed E-state index contributed by atoms with van der Waals surface area (Å²) < 4.78 is 5.16. The number of carbonyl (C=O) groups is 1. The first-order chi connectivity index (χ1) is 10.6. The fourth-order valence-electron chi connectivity index (χ4n) is 1.98. The summed E-state index contributed by atoms with van der Waals surface area (Å²) in [7, 11) is 3.39. The van der Waals surface area contributed by atoms with Gasteiger partial charge in [0.2, 0.25) is 5.91 Å². The largest absolute Gasteiger partial charge is 0.497 e. The van der Waals surface area contributed by atoms with E-state index < -0.39 is 0 Å². The number of likely N-dealkylation sites (N-methyl/N-ethyl adjacent to an activating group) is 1. The Morgan fingerprint density at radius 2 is 1.95 bits per heavy atom. The third kappa shape index (κ3) is 4.64. The molecule has 0 N–H and O–H groups in total.